The van der Waals surface area contributed by atoms with Crippen molar-refractivity contribution >= 4 is 171 Å². The van der Waals surface area contributed by atoms with E-state index in [1.54, 1.807) is 84.9 Å². The molecule has 7 heterocycles. The zero-order valence-corrected chi connectivity index (χ0v) is 83.7. The number of benzene rings is 5. The summed E-state index contributed by atoms with van der Waals surface area (Å²) < 4.78 is 118. The van der Waals surface area contributed by atoms with Gasteiger partial charge in [0.05, 0.1) is 138 Å². The second-order valence-corrected chi connectivity index (χ2v) is 40.6. The molecule has 0 bridgehead atoms. The number of nitrogens with one attached hydrogen (secondary N) is 1. The molecule has 0 spiro atoms. The van der Waals surface area contributed by atoms with Gasteiger partial charge in [0.1, 0.15) is 94.1 Å². The smallest absolute Gasteiger partial charge is 0.171 e. The lowest BCUT2D eigenvalue weighted by Gasteiger charge is -2.29. The van der Waals surface area contributed by atoms with E-state index in [-0.39, 0.29) is 84.5 Å². The van der Waals surface area contributed by atoms with E-state index in [0.717, 1.165) is 5.56 Å². The Bertz CT molecular complexity index is 5930. The van der Waals surface area contributed by atoms with E-state index in [1.165, 1.54) is 110 Å². The first-order valence-electron chi connectivity index (χ1n) is 38.4. The summed E-state index contributed by atoms with van der Waals surface area (Å²) in [6, 6.07) is 33.5. The molecule has 0 saturated heterocycles. The second-order valence-electron chi connectivity index (χ2n) is 30.8. The highest BCUT2D eigenvalue weighted by molar-refractivity contribution is 14.1. The lowest BCUT2D eigenvalue weighted by Crippen LogP contribution is -2.47. The molecule has 1 aliphatic heterocycles. The number of rotatable bonds is 20. The summed E-state index contributed by atoms with van der Waals surface area (Å²) in [7, 11) is -2.72. The van der Waals surface area contributed by atoms with Gasteiger partial charge in [-0.25, -0.2) is 65.0 Å². The Hall–Kier alpha value is -7.26. The SMILES string of the molecule is CC(=O)COc1c(I)cc(C(C)O)nc1-c1ccc(F)c(Cl)c1.CC(COc1c(I)cc(C(C)O)nc1-c1ccc(F)c(Cl)c1)=NS(=O)C(C)(C)C.CC(O)c1cc(I)c(O)c(-c2ccc(F)c(Cl)c2)n1.CC(O)c1cc2c(c(-c3ccc(F)c(Cl)c3)n1)OCC2(C)NS(=O)C(C)(C)C.CC(O)c1ccc(O)c(-c2ccc(F)c(Cl)c2)n1.CC(O)c1ccc(O)c(Cl)n1. The molecule has 12 rings (SSSR count). The normalized spacial score (nSPS) is 14.8. The molecule has 1 aliphatic rings. The average molecular weight is 2260 g/mol. The monoisotopic (exact) mass is 2260 g/mol. The first kappa shape index (κ1) is 108. The number of carbonyl (C=O) groups is 1. The van der Waals surface area contributed by atoms with E-state index in [1.807, 2.05) is 93.6 Å². The topological polar surface area (TPSA) is 363 Å². The van der Waals surface area contributed by atoms with Crippen LogP contribution in [0.2, 0.25) is 30.3 Å². The van der Waals surface area contributed by atoms with Gasteiger partial charge in [-0.2, -0.15) is 4.40 Å². The fraction of sp³-hybridized carbons (Fsp3) is 0.303. The van der Waals surface area contributed by atoms with Gasteiger partial charge in [-0.3, -0.25) is 4.79 Å². The Morgan fingerprint density at radius 1 is 0.461 bits per heavy atom. The first-order chi connectivity index (χ1) is 59.6. The Morgan fingerprint density at radius 2 is 0.789 bits per heavy atom. The summed E-state index contributed by atoms with van der Waals surface area (Å²) in [4.78, 5) is 36.6. The van der Waals surface area contributed by atoms with E-state index in [9.17, 15) is 70.9 Å². The van der Waals surface area contributed by atoms with Gasteiger partial charge < -0.3 is 60.2 Å². The van der Waals surface area contributed by atoms with Crippen molar-refractivity contribution in [3.8, 4) is 90.8 Å². The molecule has 5 aromatic carbocycles. The highest BCUT2D eigenvalue weighted by Crippen LogP contribution is 2.46. The summed E-state index contributed by atoms with van der Waals surface area (Å²) in [5.41, 5.74) is 7.67. The molecule has 9 atom stereocenters. The minimum absolute atomic E-state index is 0.0170. The third-order valence-electron chi connectivity index (χ3n) is 17.7. The third kappa shape index (κ3) is 29.9. The number of fused-ring (bicyclic) bond motifs is 1. The molecule has 6 aromatic heterocycles. The van der Waals surface area contributed by atoms with Crippen LogP contribution in [0, 0.1) is 39.8 Å². The molecular weight excluding hydrogens is 2170 g/mol. The van der Waals surface area contributed by atoms with Crippen molar-refractivity contribution in [3.63, 3.8) is 0 Å². The van der Waals surface area contributed by atoms with Crippen LogP contribution < -0.4 is 18.9 Å². The molecule has 0 amide bonds. The molecule has 0 fully saturated rings. The number of aromatic hydroxyl groups is 3. The number of halogens is 14. The number of ether oxygens (including phenoxy) is 3. The quantitative estimate of drug-likeness (QED) is 0.0147. The number of aliphatic hydroxyl groups excluding tert-OH is 6. The maximum Gasteiger partial charge on any atom is 0.171 e. The average Bonchev–Trinajstić information content (AvgIpc) is 1.59. The molecule has 0 saturated carbocycles. The number of pyridine rings is 6. The fourth-order valence-corrected chi connectivity index (χ4v) is 15.4. The van der Waals surface area contributed by atoms with Crippen molar-refractivity contribution in [2.45, 2.75) is 156 Å². The van der Waals surface area contributed by atoms with Gasteiger partial charge in [-0.1, -0.05) is 69.6 Å². The lowest BCUT2D eigenvalue weighted by atomic mass is 9.93. The third-order valence-corrected chi connectivity index (χ3v) is 25.1. The molecule has 23 nitrogen and oxygen atoms in total. The molecule has 39 heteroatoms. The van der Waals surface area contributed by atoms with Crippen molar-refractivity contribution < 1.29 is 95.3 Å². The highest BCUT2D eigenvalue weighted by atomic mass is 127. The van der Waals surface area contributed by atoms with Crippen LogP contribution in [0.1, 0.15) is 180 Å². The molecule has 0 radical (unpaired) electrons. The minimum Gasteiger partial charge on any atom is -0.506 e. The Morgan fingerprint density at radius 3 is 1.16 bits per heavy atom. The van der Waals surface area contributed by atoms with Crippen LogP contribution >= 0.6 is 137 Å². The largest absolute Gasteiger partial charge is 0.506 e. The zero-order chi connectivity index (χ0) is 95.8. The molecule has 128 heavy (non-hydrogen) atoms. The maximum atomic E-state index is 13.6. The standard InChI is InChI=1S/C20H23ClFIN2O3S.C20H24ClFN2O3S.C16H14ClFINO3.C13H10ClFINO2.C13H11ClFNO2.C7H8ClNO2/c1-11(25-29(27)20(3,4)5)10-28-19-16(23)9-17(12(2)26)24-18(19)13-6-7-15(22)14(21)8-13;1-11(25)16-9-13-18(17(23-16)12-6-7-15(22)14(21)8-12)27-10-20(13,5)24-28(26)19(2,3)4;1-8(21)7-23-16-13(19)6-14(9(2)22)20-15(16)10-3-4-12(18)11(17)5-10;1-6(18)11-5-10(16)13(19)12(17-11)7-2-3-9(15)8(14)4-7;1-7(17)11-4-5-12(18)13(16-11)8-2-3-10(15)9(14)6-8;1-4(10)5-2-3-6(11)7(8)9-5/h6-9,12,26H,10H2,1-5H3;6-9,11,24-25H,10H2,1-5H3;3-6,9,22H,7H2,1-2H3;2-6,18-19H,1H3;2-7,17-18H,1H3;2-4,10-11H,1H3. The lowest BCUT2D eigenvalue weighted by molar-refractivity contribution is -0.118. The predicted molar refractivity (Wildman–Crippen MR) is 516 cm³/mol. The second kappa shape index (κ2) is 47.4. The highest BCUT2D eigenvalue weighted by Gasteiger charge is 2.42. The molecule has 11 aromatic rings. The van der Waals surface area contributed by atoms with E-state index in [2.05, 4.69) is 61.6 Å². The number of carbonyl (C=O) groups excluding carboxylic acids is 1. The van der Waals surface area contributed by atoms with Gasteiger partial charge in [0.25, 0.3) is 0 Å². The molecule has 9 unspecified atom stereocenters. The molecular formula is C89H90Cl6F5I3N8O15S2. The number of ketones is 1. The van der Waals surface area contributed by atoms with Crippen molar-refractivity contribution in [1.29, 1.82) is 0 Å². The first-order valence-corrected chi connectivity index (χ1v) is 46.2. The Kier molecular flexibility index (Phi) is 39.9. The summed E-state index contributed by atoms with van der Waals surface area (Å²) in [5.74, 6) is -1.60. The number of hydrogen-bond acceptors (Lipinski definition) is 21. The van der Waals surface area contributed by atoms with Crippen molar-refractivity contribution in [1.82, 2.24) is 34.6 Å². The van der Waals surface area contributed by atoms with Crippen LogP contribution in [0.3, 0.4) is 0 Å². The van der Waals surface area contributed by atoms with E-state index >= 15 is 0 Å². The molecule has 10 N–H and O–H groups in total. The van der Waals surface area contributed by atoms with Gasteiger partial charge in [0.15, 0.2) is 39.7 Å². The molecule has 0 aliphatic carbocycles. The number of nitrogens with zero attached hydrogens (tertiary/aromatic N) is 7. The zero-order valence-electron chi connectivity index (χ0n) is 71.1. The van der Waals surface area contributed by atoms with E-state index in [0.29, 0.717) is 113 Å². The van der Waals surface area contributed by atoms with Gasteiger partial charge in [0.2, 0.25) is 0 Å². The van der Waals surface area contributed by atoms with E-state index in [4.69, 9.17) is 94.0 Å². The van der Waals surface area contributed by atoms with E-state index < -0.39 is 103 Å². The number of aromatic nitrogens is 6. The van der Waals surface area contributed by atoms with Crippen LogP contribution in [0.15, 0.2) is 144 Å². The van der Waals surface area contributed by atoms with Gasteiger partial charge in [-0.05, 0) is 311 Å². The van der Waals surface area contributed by atoms with Crippen molar-refractivity contribution in [3.05, 3.63) is 249 Å². The number of aliphatic hydroxyl groups is 6. The van der Waals surface area contributed by atoms with Crippen LogP contribution in [-0.4, -0.2) is 125 Å². The fourth-order valence-electron chi connectivity index (χ4n) is 10.8. The summed E-state index contributed by atoms with van der Waals surface area (Å²) in [6.45, 7) is 26.0. The van der Waals surface area contributed by atoms with Crippen LogP contribution in [0.4, 0.5) is 22.0 Å². The summed E-state index contributed by atoms with van der Waals surface area (Å²) >= 11 is 40.7. The maximum absolute atomic E-state index is 13.6. The summed E-state index contributed by atoms with van der Waals surface area (Å²) in [6.07, 6.45) is -4.56. The Balaban J connectivity index is 0.000000215. The van der Waals surface area contributed by atoms with Gasteiger partial charge in [0, 0.05) is 33.4 Å². The minimum atomic E-state index is -1.39. The number of hydrogen-bond donors (Lipinski definition) is 10. The van der Waals surface area contributed by atoms with Gasteiger partial charge in [-0.15, -0.1) is 0 Å². The van der Waals surface area contributed by atoms with Crippen molar-refractivity contribution in [2.75, 3.05) is 19.8 Å². The molecule has 686 valence electrons. The van der Waals surface area contributed by atoms with Crippen LogP contribution in [0.25, 0.3) is 56.3 Å². The van der Waals surface area contributed by atoms with Crippen LogP contribution in [0.5, 0.6) is 34.5 Å². The van der Waals surface area contributed by atoms with Gasteiger partial charge >= 0.3 is 0 Å². The number of Topliss-reactive ketones (excluding diaryl/α,β-unsaturated/α-hetero) is 1. The predicted octanol–water partition coefficient (Wildman–Crippen LogP) is 22.6. The van der Waals surface area contributed by atoms with Crippen LogP contribution in [-0.2, 0) is 32.3 Å². The van der Waals surface area contributed by atoms with Crippen molar-refractivity contribution in [2.24, 2.45) is 4.40 Å². The summed E-state index contributed by atoms with van der Waals surface area (Å²) in [5, 5.41) is 86.5. The Labute approximate surface area is 812 Å².